The first-order valence-electron chi connectivity index (χ1n) is 8.26. The second-order valence-corrected chi connectivity index (χ2v) is 5.83. The number of carbonyl (C=O) groups excluding carboxylic acids is 1. The fraction of sp³-hybridized carbons (Fsp3) is 0.200. The number of hydrogen-bond acceptors (Lipinski definition) is 3. The van der Waals surface area contributed by atoms with Crippen LogP contribution in [0.2, 0.25) is 0 Å². The Labute approximate surface area is 147 Å². The fourth-order valence-electron chi connectivity index (χ4n) is 2.39. The molecule has 3 aromatic rings. The number of para-hydroxylation sites is 1. The lowest BCUT2D eigenvalue weighted by molar-refractivity contribution is -0.123. The van der Waals surface area contributed by atoms with E-state index in [4.69, 9.17) is 4.74 Å². The number of aromatic nitrogens is 2. The Hall–Kier alpha value is -3.08. The van der Waals surface area contributed by atoms with Gasteiger partial charge in [0.2, 0.25) is 0 Å². The van der Waals surface area contributed by atoms with Crippen molar-refractivity contribution < 1.29 is 9.53 Å². The van der Waals surface area contributed by atoms with Crippen LogP contribution in [0.25, 0.3) is 5.69 Å². The number of nitrogens with zero attached hydrogens (tertiary/aromatic N) is 2. The van der Waals surface area contributed by atoms with E-state index in [9.17, 15) is 4.79 Å². The van der Waals surface area contributed by atoms with Crippen molar-refractivity contribution in [1.82, 2.24) is 15.1 Å². The quantitative estimate of drug-likeness (QED) is 0.722. The molecule has 0 aliphatic carbocycles. The number of aryl methyl sites for hydroxylation is 1. The molecule has 0 unspecified atom stereocenters. The smallest absolute Gasteiger partial charge is 0.257 e. The van der Waals surface area contributed by atoms with Crippen molar-refractivity contribution in [3.05, 3.63) is 78.1 Å². The summed E-state index contributed by atoms with van der Waals surface area (Å²) in [5.41, 5.74) is 3.25. The Bertz CT molecular complexity index is 810. The molecule has 0 saturated heterocycles. The number of amides is 1. The van der Waals surface area contributed by atoms with Crippen LogP contribution in [-0.4, -0.2) is 28.8 Å². The first-order valence-corrected chi connectivity index (χ1v) is 8.26. The van der Waals surface area contributed by atoms with Crippen LogP contribution in [0.3, 0.4) is 0 Å². The molecule has 25 heavy (non-hydrogen) atoms. The molecule has 0 aliphatic rings. The largest absolute Gasteiger partial charge is 0.484 e. The van der Waals surface area contributed by atoms with Crippen molar-refractivity contribution in [2.24, 2.45) is 0 Å². The highest BCUT2D eigenvalue weighted by Gasteiger charge is 2.04. The van der Waals surface area contributed by atoms with E-state index in [1.54, 1.807) is 0 Å². The van der Waals surface area contributed by atoms with Crippen LogP contribution in [0.1, 0.15) is 11.1 Å². The maximum Gasteiger partial charge on any atom is 0.257 e. The zero-order valence-corrected chi connectivity index (χ0v) is 14.2. The van der Waals surface area contributed by atoms with E-state index in [-0.39, 0.29) is 12.5 Å². The van der Waals surface area contributed by atoms with E-state index in [2.05, 4.69) is 10.4 Å². The standard InChI is InChI=1S/C20H21N3O2/c1-16-7-9-19(10-8-16)25-15-20(24)21-12-11-17-13-22-23(14-17)18-5-3-2-4-6-18/h2-10,13-14H,11-12,15H2,1H3,(H,21,24). The summed E-state index contributed by atoms with van der Waals surface area (Å²) in [5, 5.41) is 7.21. The monoisotopic (exact) mass is 335 g/mol. The summed E-state index contributed by atoms with van der Waals surface area (Å²) >= 11 is 0. The third-order valence-electron chi connectivity index (χ3n) is 3.78. The van der Waals surface area contributed by atoms with Crippen LogP contribution in [0, 0.1) is 6.92 Å². The maximum atomic E-state index is 11.8. The molecule has 0 radical (unpaired) electrons. The van der Waals surface area contributed by atoms with Gasteiger partial charge in [-0.25, -0.2) is 4.68 Å². The van der Waals surface area contributed by atoms with Gasteiger partial charge >= 0.3 is 0 Å². The Morgan fingerprint density at radius 1 is 1.12 bits per heavy atom. The molecular formula is C20H21N3O2. The average Bonchev–Trinajstić information content (AvgIpc) is 3.11. The first-order chi connectivity index (χ1) is 12.2. The highest BCUT2D eigenvalue weighted by Crippen LogP contribution is 2.11. The predicted molar refractivity (Wildman–Crippen MR) is 97.0 cm³/mol. The molecule has 1 heterocycles. The number of benzene rings is 2. The molecule has 0 fully saturated rings. The lowest BCUT2D eigenvalue weighted by atomic mass is 10.2. The first kappa shape index (κ1) is 16.8. The Morgan fingerprint density at radius 3 is 2.64 bits per heavy atom. The molecular weight excluding hydrogens is 314 g/mol. The second kappa shape index (κ2) is 8.15. The highest BCUT2D eigenvalue weighted by molar-refractivity contribution is 5.77. The predicted octanol–water partition coefficient (Wildman–Crippen LogP) is 2.92. The molecule has 5 heteroatoms. The molecule has 0 bridgehead atoms. The molecule has 1 N–H and O–H groups in total. The Kier molecular flexibility index (Phi) is 5.46. The van der Waals surface area contributed by atoms with Crippen molar-refractivity contribution in [2.45, 2.75) is 13.3 Å². The number of hydrogen-bond donors (Lipinski definition) is 1. The van der Waals surface area contributed by atoms with Crippen molar-refractivity contribution >= 4 is 5.91 Å². The summed E-state index contributed by atoms with van der Waals surface area (Å²) in [6, 6.07) is 17.6. The van der Waals surface area contributed by atoms with Crippen LogP contribution in [0.5, 0.6) is 5.75 Å². The van der Waals surface area contributed by atoms with Gasteiger partial charge in [0, 0.05) is 12.7 Å². The van der Waals surface area contributed by atoms with Crippen molar-refractivity contribution in [1.29, 1.82) is 0 Å². The van der Waals surface area contributed by atoms with E-state index in [0.29, 0.717) is 12.3 Å². The van der Waals surface area contributed by atoms with Gasteiger partial charge in [0.05, 0.1) is 11.9 Å². The van der Waals surface area contributed by atoms with Crippen LogP contribution < -0.4 is 10.1 Å². The Balaban J connectivity index is 1.41. The minimum atomic E-state index is -0.129. The highest BCUT2D eigenvalue weighted by atomic mass is 16.5. The van der Waals surface area contributed by atoms with Gasteiger partial charge in [-0.1, -0.05) is 35.9 Å². The third-order valence-corrected chi connectivity index (χ3v) is 3.78. The zero-order valence-electron chi connectivity index (χ0n) is 14.2. The number of rotatable bonds is 7. The molecule has 0 spiro atoms. The topological polar surface area (TPSA) is 56.1 Å². The van der Waals surface area contributed by atoms with Crippen LogP contribution in [0.4, 0.5) is 0 Å². The summed E-state index contributed by atoms with van der Waals surface area (Å²) in [7, 11) is 0. The van der Waals surface area contributed by atoms with Gasteiger partial charge in [-0.15, -0.1) is 0 Å². The molecule has 0 atom stereocenters. The average molecular weight is 335 g/mol. The number of carbonyl (C=O) groups is 1. The summed E-state index contributed by atoms with van der Waals surface area (Å²) in [4.78, 5) is 11.8. The summed E-state index contributed by atoms with van der Waals surface area (Å²) in [6.07, 6.45) is 4.52. The maximum absolute atomic E-state index is 11.8. The zero-order chi connectivity index (χ0) is 17.5. The fourth-order valence-corrected chi connectivity index (χ4v) is 2.39. The van der Waals surface area contributed by atoms with E-state index in [0.717, 1.165) is 23.2 Å². The van der Waals surface area contributed by atoms with Crippen molar-refractivity contribution in [2.75, 3.05) is 13.2 Å². The molecule has 0 aliphatic heterocycles. The summed E-state index contributed by atoms with van der Waals surface area (Å²) in [6.45, 7) is 2.58. The minimum Gasteiger partial charge on any atom is -0.484 e. The van der Waals surface area contributed by atoms with Crippen molar-refractivity contribution in [3.63, 3.8) is 0 Å². The Morgan fingerprint density at radius 2 is 1.88 bits per heavy atom. The second-order valence-electron chi connectivity index (χ2n) is 5.83. The lowest BCUT2D eigenvalue weighted by Crippen LogP contribution is -2.30. The van der Waals surface area contributed by atoms with Gasteiger partial charge < -0.3 is 10.1 Å². The van der Waals surface area contributed by atoms with E-state index in [1.165, 1.54) is 0 Å². The van der Waals surface area contributed by atoms with Crippen LogP contribution in [0.15, 0.2) is 67.0 Å². The summed E-state index contributed by atoms with van der Waals surface area (Å²) < 4.78 is 7.29. The molecule has 2 aromatic carbocycles. The molecule has 5 nitrogen and oxygen atoms in total. The molecule has 0 saturated carbocycles. The molecule has 3 rings (SSSR count). The van der Waals surface area contributed by atoms with E-state index < -0.39 is 0 Å². The van der Waals surface area contributed by atoms with Gasteiger partial charge in [-0.3, -0.25) is 4.79 Å². The third kappa shape index (κ3) is 4.94. The SMILES string of the molecule is Cc1ccc(OCC(=O)NCCc2cnn(-c3ccccc3)c2)cc1. The van der Waals surface area contributed by atoms with Gasteiger partial charge in [-0.05, 0) is 43.2 Å². The van der Waals surface area contributed by atoms with Gasteiger partial charge in [-0.2, -0.15) is 5.10 Å². The number of ether oxygens (including phenoxy) is 1. The minimum absolute atomic E-state index is 0.0202. The molecule has 1 amide bonds. The van der Waals surface area contributed by atoms with E-state index >= 15 is 0 Å². The normalized spacial score (nSPS) is 10.4. The van der Waals surface area contributed by atoms with Gasteiger partial charge in [0.1, 0.15) is 5.75 Å². The lowest BCUT2D eigenvalue weighted by Gasteiger charge is -2.07. The van der Waals surface area contributed by atoms with Gasteiger partial charge in [0.25, 0.3) is 5.91 Å². The van der Waals surface area contributed by atoms with E-state index in [1.807, 2.05) is 78.6 Å². The number of nitrogens with one attached hydrogen (secondary N) is 1. The summed E-state index contributed by atoms with van der Waals surface area (Å²) in [5.74, 6) is 0.570. The van der Waals surface area contributed by atoms with Crippen LogP contribution >= 0.6 is 0 Å². The van der Waals surface area contributed by atoms with Crippen molar-refractivity contribution in [3.8, 4) is 11.4 Å². The molecule has 128 valence electrons. The van der Waals surface area contributed by atoms with Crippen LogP contribution in [-0.2, 0) is 11.2 Å². The van der Waals surface area contributed by atoms with Gasteiger partial charge in [0.15, 0.2) is 6.61 Å². The molecule has 1 aromatic heterocycles.